The highest BCUT2D eigenvalue weighted by atomic mass is 16.5. The number of aromatic hydroxyl groups is 1. The molecule has 7 N–H and O–H groups in total. The number of carbonyl (C=O) groups excluding carboxylic acids is 8. The van der Waals surface area contributed by atoms with Gasteiger partial charge in [0.1, 0.15) is 41.3 Å². The van der Waals surface area contributed by atoms with E-state index in [4.69, 9.17) is 18.6 Å². The Bertz CT molecular complexity index is 3740. The number of benzene rings is 5. The maximum Gasteiger partial charge on any atom is 0.338 e. The third-order valence-corrected chi connectivity index (χ3v) is 13.3. The van der Waals surface area contributed by atoms with Crippen molar-refractivity contribution in [3.8, 4) is 28.2 Å². The van der Waals surface area contributed by atoms with Gasteiger partial charge in [0.15, 0.2) is 17.8 Å². The van der Waals surface area contributed by atoms with Crippen LogP contribution in [0, 0.1) is 0 Å². The van der Waals surface area contributed by atoms with E-state index in [9.17, 15) is 58.2 Å². The van der Waals surface area contributed by atoms with Crippen molar-refractivity contribution in [2.45, 2.75) is 56.3 Å². The van der Waals surface area contributed by atoms with Crippen molar-refractivity contribution in [2.75, 3.05) is 20.8 Å². The van der Waals surface area contributed by atoms with Crippen LogP contribution in [0.15, 0.2) is 137 Å². The molecule has 81 heavy (non-hydrogen) atoms. The molecule has 2 aliphatic rings. The number of methoxy groups -OCH3 is 2. The zero-order valence-electron chi connectivity index (χ0n) is 43.7. The number of phenols is 1. The van der Waals surface area contributed by atoms with Crippen molar-refractivity contribution >= 4 is 75.2 Å². The van der Waals surface area contributed by atoms with Crippen molar-refractivity contribution in [1.29, 1.82) is 0 Å². The van der Waals surface area contributed by atoms with Crippen molar-refractivity contribution in [3.63, 3.8) is 0 Å². The van der Waals surface area contributed by atoms with E-state index >= 15 is 0 Å². The molecular formula is C58H53N7O16. The zero-order valence-corrected chi connectivity index (χ0v) is 43.7. The van der Waals surface area contributed by atoms with Crippen LogP contribution in [-0.4, -0.2) is 123 Å². The van der Waals surface area contributed by atoms with Gasteiger partial charge in [-0.25, -0.2) is 14.6 Å². The quantitative estimate of drug-likeness (QED) is 0.0269. The highest BCUT2D eigenvalue weighted by Crippen LogP contribution is 2.42. The number of fused-ring (bicyclic) bond motifs is 3. The molecule has 0 saturated carbocycles. The van der Waals surface area contributed by atoms with Gasteiger partial charge in [-0.1, -0.05) is 42.5 Å². The lowest BCUT2D eigenvalue weighted by Gasteiger charge is -2.26. The number of carbonyl (C=O) groups is 9. The molecule has 6 aromatic rings. The van der Waals surface area contributed by atoms with Crippen LogP contribution in [0.3, 0.4) is 0 Å². The molecular weight excluding hydrogens is 1050 g/mol. The van der Waals surface area contributed by atoms with Crippen LogP contribution in [0.25, 0.3) is 44.3 Å². The van der Waals surface area contributed by atoms with Crippen molar-refractivity contribution in [3.05, 3.63) is 166 Å². The predicted octanol–water partition coefficient (Wildman–Crippen LogP) is 4.16. The van der Waals surface area contributed by atoms with E-state index in [1.807, 2.05) is 12.1 Å². The van der Waals surface area contributed by atoms with Crippen LogP contribution in [0.5, 0.6) is 5.75 Å². The third-order valence-electron chi connectivity index (χ3n) is 13.3. The fourth-order valence-electron chi connectivity index (χ4n) is 9.15. The largest absolute Gasteiger partial charge is 0.508 e. The van der Waals surface area contributed by atoms with Gasteiger partial charge < -0.3 is 59.7 Å². The monoisotopic (exact) mass is 1100 g/mol. The maximum absolute atomic E-state index is 14.8. The minimum absolute atomic E-state index is 0.0999. The summed E-state index contributed by atoms with van der Waals surface area (Å²) < 4.78 is 22.5. The molecule has 2 aromatic heterocycles. The number of hydrogen-bond donors (Lipinski definition) is 7. The minimum atomic E-state index is -1.64. The SMILES string of the molecule is COC(=O)CCC(NC(=O)C(Cc1cn(C)c2ccccc12)NC(=O)c1ccc(-c2c3ccc(=O)cc-3oc3cc(O)ccc23)c(C(=O)O)c1)C(=O)NC(Cc1cnc[nH]1)C(=O)NC(CC(=O)OC)C(=O)COC(=O)c1ccccc1. The summed E-state index contributed by atoms with van der Waals surface area (Å²) >= 11 is 0. The van der Waals surface area contributed by atoms with Gasteiger partial charge in [0, 0.05) is 89.5 Å². The summed E-state index contributed by atoms with van der Waals surface area (Å²) in [5.74, 6) is -8.85. The van der Waals surface area contributed by atoms with E-state index < -0.39 is 109 Å². The van der Waals surface area contributed by atoms with Gasteiger partial charge >= 0.3 is 23.9 Å². The molecule has 1 aliphatic carbocycles. The number of carboxylic acid groups (broad SMARTS) is 1. The van der Waals surface area contributed by atoms with Gasteiger partial charge in [-0.05, 0) is 72.1 Å². The average molecular weight is 1100 g/mol. The van der Waals surface area contributed by atoms with Gasteiger partial charge in [0.25, 0.3) is 5.91 Å². The van der Waals surface area contributed by atoms with Gasteiger partial charge in [0.05, 0.1) is 38.1 Å². The number of amides is 4. The normalized spacial score (nSPS) is 12.6. The number of aromatic amines is 1. The number of ketones is 1. The molecule has 4 aromatic carbocycles. The molecule has 416 valence electrons. The van der Waals surface area contributed by atoms with Crippen LogP contribution in [0.1, 0.15) is 61.6 Å². The van der Waals surface area contributed by atoms with Gasteiger partial charge in [-0.15, -0.1) is 0 Å². The van der Waals surface area contributed by atoms with Gasteiger partial charge in [0.2, 0.25) is 17.7 Å². The minimum Gasteiger partial charge on any atom is -0.508 e. The number of aromatic nitrogens is 3. The zero-order chi connectivity index (χ0) is 57.9. The summed E-state index contributed by atoms with van der Waals surface area (Å²) in [6, 6.07) is 20.6. The number of nitrogens with zero attached hydrogens (tertiary/aromatic N) is 2. The highest BCUT2D eigenvalue weighted by molar-refractivity contribution is 6.09. The highest BCUT2D eigenvalue weighted by Gasteiger charge is 2.34. The van der Waals surface area contributed by atoms with Crippen molar-refractivity contribution in [2.24, 2.45) is 7.05 Å². The number of imidazole rings is 1. The fraction of sp³-hybridized carbons (Fsp3) is 0.224. The first-order valence-electron chi connectivity index (χ1n) is 25.1. The molecule has 23 heteroatoms. The smallest absolute Gasteiger partial charge is 0.338 e. The Hall–Kier alpha value is -10.5. The molecule has 0 saturated heterocycles. The number of esters is 3. The van der Waals surface area contributed by atoms with E-state index in [1.165, 1.54) is 73.2 Å². The van der Waals surface area contributed by atoms with Crippen molar-refractivity contribution < 1.29 is 72.0 Å². The molecule has 4 atom stereocenters. The summed E-state index contributed by atoms with van der Waals surface area (Å²) in [5.41, 5.74) is 1.78. The molecule has 0 bridgehead atoms. The predicted molar refractivity (Wildman–Crippen MR) is 289 cm³/mol. The maximum atomic E-state index is 14.8. The fourth-order valence-corrected chi connectivity index (χ4v) is 9.15. The molecule has 8 rings (SSSR count). The summed E-state index contributed by atoms with van der Waals surface area (Å²) in [4.78, 5) is 142. The van der Waals surface area contributed by atoms with E-state index in [1.54, 1.807) is 48.1 Å². The number of nitrogens with one attached hydrogen (secondary N) is 5. The number of aromatic carboxylic acids is 1. The van der Waals surface area contributed by atoms with E-state index in [0.29, 0.717) is 33.2 Å². The summed E-state index contributed by atoms with van der Waals surface area (Å²) in [6.07, 6.45) is 2.36. The van der Waals surface area contributed by atoms with E-state index in [0.717, 1.165) is 25.8 Å². The van der Waals surface area contributed by atoms with E-state index in [2.05, 4.69) is 31.2 Å². The number of para-hydroxylation sites is 1. The molecule has 0 spiro atoms. The molecule has 4 unspecified atom stereocenters. The first-order chi connectivity index (χ1) is 38.9. The number of Topliss-reactive ketones (excluding diaryl/α,β-unsaturated/α-hetero) is 1. The molecule has 0 fully saturated rings. The molecule has 4 amide bonds. The summed E-state index contributed by atoms with van der Waals surface area (Å²) in [5, 5.41) is 32.4. The number of H-pyrrole nitrogens is 1. The number of aryl methyl sites for hydroxylation is 1. The Morgan fingerprint density at radius 3 is 2.10 bits per heavy atom. The van der Waals surface area contributed by atoms with Crippen LogP contribution in [-0.2, 0) is 62.9 Å². The van der Waals surface area contributed by atoms with Crippen LogP contribution < -0.4 is 26.7 Å². The lowest BCUT2D eigenvalue weighted by atomic mass is 9.89. The number of hydrogen-bond acceptors (Lipinski definition) is 16. The first-order valence-corrected chi connectivity index (χ1v) is 25.1. The van der Waals surface area contributed by atoms with Crippen LogP contribution in [0.2, 0.25) is 0 Å². The second-order valence-corrected chi connectivity index (χ2v) is 18.7. The molecule has 3 heterocycles. The number of rotatable bonds is 23. The Labute approximate surface area is 459 Å². The number of phenolic OH excluding ortho intramolecular Hbond substituents is 1. The lowest BCUT2D eigenvalue weighted by Crippen LogP contribution is -2.58. The second kappa shape index (κ2) is 25.3. The van der Waals surface area contributed by atoms with Gasteiger partial charge in [-0.3, -0.25) is 38.4 Å². The molecule has 23 nitrogen and oxygen atoms in total. The third kappa shape index (κ3) is 13.6. The van der Waals surface area contributed by atoms with Gasteiger partial charge in [-0.2, -0.15) is 0 Å². The van der Waals surface area contributed by atoms with Crippen LogP contribution in [0.4, 0.5) is 0 Å². The average Bonchev–Trinajstić information content (AvgIpc) is 4.18. The Morgan fingerprint density at radius 1 is 0.704 bits per heavy atom. The Morgan fingerprint density at radius 2 is 1.38 bits per heavy atom. The van der Waals surface area contributed by atoms with Crippen LogP contribution >= 0.6 is 0 Å². The standard InChI is InChI=1S/C58H53N7O16/c1-65-28-33(37-11-7-8-12-46(37)65)22-44(63-53(71)32-13-16-38(41(21-32)57(75)76)52-39-17-14-35(66)24-48(39)81-49-25-36(67)15-18-40(49)52)55(73)61-42(19-20-50(69)78-2)54(72)64-45(23-34-27-59-30-60-34)56(74)62-43(26-51(70)79-3)47(68)29-80-58(77)31-9-5-4-6-10-31/h4-18,21,24-25,27-28,30,42-45,66H,19-20,22-23,26,29H2,1-3H3,(H,59,60)(H,61,73)(H,62,74)(H,63,71)(H,64,72)(H,75,76). The topological polar surface area (TPSA) is 334 Å². The lowest BCUT2D eigenvalue weighted by molar-refractivity contribution is -0.144. The molecule has 0 radical (unpaired) electrons. The van der Waals surface area contributed by atoms with Crippen molar-refractivity contribution in [1.82, 2.24) is 35.8 Å². The summed E-state index contributed by atoms with van der Waals surface area (Å²) in [7, 11) is 3.95. The second-order valence-electron chi connectivity index (χ2n) is 18.7. The Kier molecular flexibility index (Phi) is 17.8. The number of carboxylic acids is 1. The first kappa shape index (κ1) is 56.7. The summed E-state index contributed by atoms with van der Waals surface area (Å²) in [6.45, 7) is -0.866. The van der Waals surface area contributed by atoms with E-state index in [-0.39, 0.29) is 52.2 Å². The molecule has 1 aliphatic heterocycles. The Balaban J connectivity index is 1.09. The number of ether oxygens (including phenoxy) is 3.